The lowest BCUT2D eigenvalue weighted by atomic mass is 10.1. The predicted molar refractivity (Wildman–Crippen MR) is 115 cm³/mol. The van der Waals surface area contributed by atoms with Crippen molar-refractivity contribution in [3.8, 4) is 35.1 Å². The summed E-state index contributed by atoms with van der Waals surface area (Å²) in [4.78, 5) is 0. The lowest BCUT2D eigenvalue weighted by Gasteiger charge is -2.11. The molecule has 1 heterocycles. The number of hydrogen-bond donors (Lipinski definition) is 0. The van der Waals surface area contributed by atoms with Gasteiger partial charge in [0.15, 0.2) is 11.6 Å². The van der Waals surface area contributed by atoms with Crippen molar-refractivity contribution < 1.29 is 13.5 Å². The van der Waals surface area contributed by atoms with Crippen LogP contribution in [0.25, 0.3) is 11.5 Å². The normalized spacial score (nSPS) is 10.4. The summed E-state index contributed by atoms with van der Waals surface area (Å²) in [5.41, 5.74) is 1.51. The van der Waals surface area contributed by atoms with E-state index in [1.165, 1.54) is 30.3 Å². The van der Waals surface area contributed by atoms with E-state index in [1.54, 1.807) is 24.3 Å². The number of halogens is 3. The summed E-state index contributed by atoms with van der Waals surface area (Å²) < 4.78 is 26.4. The van der Waals surface area contributed by atoms with Crippen LogP contribution in [-0.4, -0.2) is 10.2 Å². The van der Waals surface area contributed by atoms with Crippen LogP contribution < -0.4 is 4.74 Å². The highest BCUT2D eigenvalue weighted by molar-refractivity contribution is 6.32. The number of nitrogens with zero attached hydrogens (tertiary/aromatic N) is 4. The van der Waals surface area contributed by atoms with Crippen molar-refractivity contribution in [2.24, 2.45) is 0 Å². The maximum Gasteiger partial charge on any atom is 0.247 e. The van der Waals surface area contributed by atoms with Crippen LogP contribution in [0, 0.1) is 28.5 Å². The summed E-state index contributed by atoms with van der Waals surface area (Å²) in [7, 11) is 0. The molecule has 0 amide bonds. The lowest BCUT2D eigenvalue weighted by Crippen LogP contribution is -1.98. The molecule has 0 radical (unpaired) electrons. The molecule has 0 unspecified atom stereocenters. The van der Waals surface area contributed by atoms with E-state index in [9.17, 15) is 0 Å². The van der Waals surface area contributed by atoms with Gasteiger partial charge in [-0.2, -0.15) is 10.5 Å². The third-order valence-electron chi connectivity index (χ3n) is 4.40. The minimum atomic E-state index is -0.706. The SMILES string of the molecule is N#Cc1cc(Cl)cc(Oc2c(Cl)ccc(Cc3nnc(-c4cccc(C#N)c4)o3)c2F)c1. The monoisotopic (exact) mass is 464 g/mol. The summed E-state index contributed by atoms with van der Waals surface area (Å²) in [6.45, 7) is 0. The van der Waals surface area contributed by atoms with Gasteiger partial charge in [-0.1, -0.05) is 35.3 Å². The molecule has 32 heavy (non-hydrogen) atoms. The zero-order chi connectivity index (χ0) is 22.7. The Morgan fingerprint density at radius 1 is 0.969 bits per heavy atom. The van der Waals surface area contributed by atoms with Crippen molar-refractivity contribution in [2.45, 2.75) is 6.42 Å². The molecule has 4 rings (SSSR count). The Labute approximate surface area is 192 Å². The molecule has 156 valence electrons. The second-order valence-corrected chi connectivity index (χ2v) is 7.45. The summed E-state index contributed by atoms with van der Waals surface area (Å²) in [6.07, 6.45) is -0.0106. The first-order valence-corrected chi connectivity index (χ1v) is 9.91. The maximum absolute atomic E-state index is 15.2. The zero-order valence-corrected chi connectivity index (χ0v) is 17.7. The van der Waals surface area contributed by atoms with Crippen molar-refractivity contribution in [1.82, 2.24) is 10.2 Å². The molecule has 0 N–H and O–H groups in total. The molecule has 0 fully saturated rings. The minimum Gasteiger partial charge on any atom is -0.453 e. The van der Waals surface area contributed by atoms with Crippen molar-refractivity contribution in [2.75, 3.05) is 0 Å². The maximum atomic E-state index is 15.2. The highest BCUT2D eigenvalue weighted by Crippen LogP contribution is 2.36. The second kappa shape index (κ2) is 9.07. The number of benzene rings is 3. The molecule has 0 saturated heterocycles. The van der Waals surface area contributed by atoms with E-state index in [2.05, 4.69) is 10.2 Å². The van der Waals surface area contributed by atoms with Gasteiger partial charge in [-0.3, -0.25) is 0 Å². The fraction of sp³-hybridized carbons (Fsp3) is 0.0435. The Morgan fingerprint density at radius 3 is 2.56 bits per heavy atom. The van der Waals surface area contributed by atoms with E-state index >= 15 is 4.39 Å². The van der Waals surface area contributed by atoms with Crippen LogP contribution >= 0.6 is 23.2 Å². The van der Waals surface area contributed by atoms with Crippen LogP contribution in [0.1, 0.15) is 22.6 Å². The van der Waals surface area contributed by atoms with Gasteiger partial charge in [0.1, 0.15) is 5.75 Å². The lowest BCUT2D eigenvalue weighted by molar-refractivity contribution is 0.437. The number of nitriles is 2. The van der Waals surface area contributed by atoms with E-state index in [4.69, 9.17) is 42.9 Å². The first kappa shape index (κ1) is 21.3. The minimum absolute atomic E-state index is 0.0106. The van der Waals surface area contributed by atoms with Gasteiger partial charge in [0.05, 0.1) is 34.7 Å². The average Bonchev–Trinajstić information content (AvgIpc) is 3.27. The van der Waals surface area contributed by atoms with Gasteiger partial charge in [0.25, 0.3) is 0 Å². The van der Waals surface area contributed by atoms with Crippen molar-refractivity contribution in [1.29, 1.82) is 10.5 Å². The molecule has 9 heteroatoms. The van der Waals surface area contributed by atoms with Crippen LogP contribution in [0.5, 0.6) is 11.5 Å². The summed E-state index contributed by atoms with van der Waals surface area (Å²) in [5, 5.41) is 26.4. The number of aromatic nitrogens is 2. The van der Waals surface area contributed by atoms with E-state index in [0.29, 0.717) is 11.1 Å². The van der Waals surface area contributed by atoms with E-state index in [1.807, 2.05) is 12.1 Å². The molecule has 0 bridgehead atoms. The summed E-state index contributed by atoms with van der Waals surface area (Å²) in [6, 6.07) is 18.0. The van der Waals surface area contributed by atoms with E-state index in [-0.39, 0.29) is 50.9 Å². The second-order valence-electron chi connectivity index (χ2n) is 6.61. The molecular weight excluding hydrogens is 454 g/mol. The van der Waals surface area contributed by atoms with Gasteiger partial charge in [-0.15, -0.1) is 10.2 Å². The van der Waals surface area contributed by atoms with Crippen LogP contribution in [0.4, 0.5) is 4.39 Å². The molecule has 0 atom stereocenters. The Kier molecular flexibility index (Phi) is 6.04. The quantitative estimate of drug-likeness (QED) is 0.343. The Bertz CT molecular complexity index is 1410. The molecular formula is C23H11Cl2FN4O2. The van der Waals surface area contributed by atoms with Crippen LogP contribution in [0.2, 0.25) is 10.0 Å². The molecule has 6 nitrogen and oxygen atoms in total. The van der Waals surface area contributed by atoms with Gasteiger partial charge >= 0.3 is 0 Å². The first-order chi connectivity index (χ1) is 15.5. The van der Waals surface area contributed by atoms with Gasteiger partial charge in [0.2, 0.25) is 11.8 Å². The highest BCUT2D eigenvalue weighted by Gasteiger charge is 2.18. The topological polar surface area (TPSA) is 95.7 Å². The van der Waals surface area contributed by atoms with Gasteiger partial charge in [-0.25, -0.2) is 4.39 Å². The van der Waals surface area contributed by atoms with Crippen LogP contribution in [-0.2, 0) is 6.42 Å². The fourth-order valence-electron chi connectivity index (χ4n) is 2.93. The summed E-state index contributed by atoms with van der Waals surface area (Å²) >= 11 is 12.1. The Morgan fingerprint density at radius 2 is 1.78 bits per heavy atom. The molecule has 0 saturated carbocycles. The molecule has 0 aliphatic rings. The molecule has 0 spiro atoms. The Hall–Kier alpha value is -3.91. The Balaban J connectivity index is 1.61. The highest BCUT2D eigenvalue weighted by atomic mass is 35.5. The molecule has 0 aliphatic carbocycles. The van der Waals surface area contributed by atoms with E-state index < -0.39 is 5.82 Å². The van der Waals surface area contributed by atoms with Crippen molar-refractivity contribution >= 4 is 23.2 Å². The number of hydrogen-bond acceptors (Lipinski definition) is 6. The zero-order valence-electron chi connectivity index (χ0n) is 16.1. The number of ether oxygens (including phenoxy) is 1. The standard InChI is InChI=1S/C23H11Cl2FN4O2/c24-17-7-14(12-28)8-18(10-17)31-22-19(25)5-4-15(21(22)26)9-20-29-30-23(32-20)16-3-1-2-13(6-16)11-27/h1-8,10H,9H2. The first-order valence-electron chi connectivity index (χ1n) is 9.15. The van der Waals surface area contributed by atoms with Crippen molar-refractivity contribution in [3.63, 3.8) is 0 Å². The molecule has 3 aromatic carbocycles. The van der Waals surface area contributed by atoms with E-state index in [0.717, 1.165) is 0 Å². The smallest absolute Gasteiger partial charge is 0.247 e. The van der Waals surface area contributed by atoms with Crippen LogP contribution in [0.15, 0.2) is 59.0 Å². The molecule has 1 aromatic heterocycles. The third kappa shape index (κ3) is 4.55. The van der Waals surface area contributed by atoms with Crippen LogP contribution in [0.3, 0.4) is 0 Å². The molecule has 0 aliphatic heterocycles. The molecule has 4 aromatic rings. The van der Waals surface area contributed by atoms with Gasteiger partial charge in [-0.05, 0) is 42.5 Å². The average molecular weight is 465 g/mol. The third-order valence-corrected chi connectivity index (χ3v) is 4.91. The van der Waals surface area contributed by atoms with Gasteiger partial charge < -0.3 is 9.15 Å². The predicted octanol–water partition coefficient (Wildman–Crippen LogP) is 6.31. The fourth-order valence-corrected chi connectivity index (χ4v) is 3.34. The largest absolute Gasteiger partial charge is 0.453 e. The number of rotatable bonds is 5. The van der Waals surface area contributed by atoms with Gasteiger partial charge in [0, 0.05) is 16.1 Å². The summed E-state index contributed by atoms with van der Waals surface area (Å²) in [5.74, 6) is -0.363. The van der Waals surface area contributed by atoms with Crippen molar-refractivity contribution in [3.05, 3.63) is 93.0 Å².